The summed E-state index contributed by atoms with van der Waals surface area (Å²) in [7, 11) is 0. The van der Waals surface area contributed by atoms with Crippen LogP contribution in [0, 0.1) is 6.92 Å². The molecular weight excluding hydrogens is 238 g/mol. The Bertz CT molecular complexity index is 445. The van der Waals surface area contributed by atoms with Crippen molar-refractivity contribution in [2.75, 3.05) is 0 Å². The molecule has 1 unspecified atom stereocenters. The molecule has 0 aliphatic rings. The van der Waals surface area contributed by atoms with Crippen LogP contribution in [0.25, 0.3) is 0 Å². The number of carbonyl (C=O) groups is 2. The number of primary amides is 1. The van der Waals surface area contributed by atoms with Crippen LogP contribution >= 0.6 is 11.8 Å². The summed E-state index contributed by atoms with van der Waals surface area (Å²) in [6.45, 7) is 3.61. The van der Waals surface area contributed by atoms with Crippen molar-refractivity contribution < 1.29 is 14.7 Å². The number of carboxylic acid groups (broad SMARTS) is 1. The van der Waals surface area contributed by atoms with Crippen molar-refractivity contribution in [1.29, 1.82) is 0 Å². The fraction of sp³-hybridized carbons (Fsp3) is 0.333. The zero-order valence-corrected chi connectivity index (χ0v) is 10.6. The van der Waals surface area contributed by atoms with E-state index in [0.29, 0.717) is 12.0 Å². The lowest BCUT2D eigenvalue weighted by Gasteiger charge is -2.11. The summed E-state index contributed by atoms with van der Waals surface area (Å²) in [5.41, 5.74) is 6.21. The third-order valence-electron chi connectivity index (χ3n) is 2.41. The van der Waals surface area contributed by atoms with Gasteiger partial charge in [0.2, 0.25) is 5.91 Å². The van der Waals surface area contributed by atoms with Crippen molar-refractivity contribution in [2.45, 2.75) is 30.4 Å². The highest BCUT2D eigenvalue weighted by atomic mass is 32.2. The Morgan fingerprint density at radius 1 is 1.47 bits per heavy atom. The molecule has 1 atom stereocenters. The summed E-state index contributed by atoms with van der Waals surface area (Å²) >= 11 is 1.30. The predicted octanol–water partition coefficient (Wildman–Crippen LogP) is 2.05. The highest BCUT2D eigenvalue weighted by Crippen LogP contribution is 2.27. The number of hydrogen-bond acceptors (Lipinski definition) is 3. The van der Waals surface area contributed by atoms with Gasteiger partial charge in [0.25, 0.3) is 0 Å². The van der Waals surface area contributed by atoms with Crippen LogP contribution in [0.2, 0.25) is 0 Å². The van der Waals surface area contributed by atoms with Gasteiger partial charge in [-0.25, -0.2) is 4.79 Å². The quantitative estimate of drug-likeness (QED) is 0.787. The molecule has 1 rings (SSSR count). The second kappa shape index (κ2) is 5.72. The molecule has 4 nitrogen and oxygen atoms in total. The molecule has 0 spiro atoms. The summed E-state index contributed by atoms with van der Waals surface area (Å²) in [5.74, 6) is -1.34. The number of rotatable bonds is 5. The first kappa shape index (κ1) is 13.6. The average molecular weight is 253 g/mol. The summed E-state index contributed by atoms with van der Waals surface area (Å²) in [5, 5.41) is 8.67. The van der Waals surface area contributed by atoms with Crippen molar-refractivity contribution in [3.05, 3.63) is 29.3 Å². The Balaban J connectivity index is 2.96. The molecule has 0 heterocycles. The van der Waals surface area contributed by atoms with Crippen LogP contribution in [-0.4, -0.2) is 22.2 Å². The molecule has 0 aliphatic heterocycles. The number of carbonyl (C=O) groups excluding carboxylic acids is 1. The second-order valence-corrected chi connectivity index (χ2v) is 4.98. The fourth-order valence-electron chi connectivity index (χ4n) is 1.41. The number of aromatic carboxylic acids is 1. The molecule has 0 saturated heterocycles. The van der Waals surface area contributed by atoms with Gasteiger partial charge in [-0.3, -0.25) is 4.79 Å². The molecule has 0 saturated carbocycles. The van der Waals surface area contributed by atoms with Crippen molar-refractivity contribution in [1.82, 2.24) is 0 Å². The molecule has 3 N–H and O–H groups in total. The zero-order chi connectivity index (χ0) is 13.0. The predicted molar refractivity (Wildman–Crippen MR) is 67.3 cm³/mol. The molecule has 0 bridgehead atoms. The van der Waals surface area contributed by atoms with E-state index in [1.54, 1.807) is 25.1 Å². The van der Waals surface area contributed by atoms with E-state index in [9.17, 15) is 9.59 Å². The smallest absolute Gasteiger partial charge is 0.335 e. The highest BCUT2D eigenvalue weighted by Gasteiger charge is 2.16. The number of thioether (sulfide) groups is 1. The van der Waals surface area contributed by atoms with Gasteiger partial charge in [0.15, 0.2) is 0 Å². The molecular formula is C12H15NO3S. The van der Waals surface area contributed by atoms with E-state index in [1.165, 1.54) is 11.8 Å². The normalized spacial score (nSPS) is 12.1. The number of benzene rings is 1. The first-order valence-electron chi connectivity index (χ1n) is 5.25. The van der Waals surface area contributed by atoms with Crippen LogP contribution in [0.4, 0.5) is 0 Å². The zero-order valence-electron chi connectivity index (χ0n) is 9.77. The van der Waals surface area contributed by atoms with Crippen LogP contribution in [0.3, 0.4) is 0 Å². The van der Waals surface area contributed by atoms with Gasteiger partial charge in [-0.1, -0.05) is 13.0 Å². The van der Waals surface area contributed by atoms with E-state index in [4.69, 9.17) is 10.8 Å². The van der Waals surface area contributed by atoms with Gasteiger partial charge in [0, 0.05) is 4.90 Å². The van der Waals surface area contributed by atoms with Gasteiger partial charge in [-0.05, 0) is 31.0 Å². The molecule has 0 aliphatic carbocycles. The summed E-state index contributed by atoms with van der Waals surface area (Å²) in [4.78, 5) is 22.8. The SMILES string of the molecule is CCC(Sc1ccc(C)c(C(=O)O)c1)C(N)=O. The molecule has 92 valence electrons. The van der Waals surface area contributed by atoms with Crippen LogP contribution in [0.15, 0.2) is 23.1 Å². The van der Waals surface area contributed by atoms with Gasteiger partial charge in [0.05, 0.1) is 10.8 Å². The van der Waals surface area contributed by atoms with Gasteiger partial charge < -0.3 is 10.8 Å². The Morgan fingerprint density at radius 2 is 2.12 bits per heavy atom. The molecule has 0 aromatic heterocycles. The molecule has 0 fully saturated rings. The molecule has 1 amide bonds. The van der Waals surface area contributed by atoms with Crippen molar-refractivity contribution in [3.8, 4) is 0 Å². The standard InChI is InChI=1S/C12H15NO3S/c1-3-10(11(13)14)17-8-5-4-7(2)9(6-8)12(15)16/h4-6,10H,3H2,1-2H3,(H2,13,14)(H,15,16). The lowest BCUT2D eigenvalue weighted by atomic mass is 10.1. The van der Waals surface area contributed by atoms with E-state index in [2.05, 4.69) is 0 Å². The van der Waals surface area contributed by atoms with E-state index in [1.807, 2.05) is 6.92 Å². The van der Waals surface area contributed by atoms with Gasteiger partial charge in [-0.2, -0.15) is 0 Å². The number of hydrogen-bond donors (Lipinski definition) is 2. The summed E-state index contributed by atoms with van der Waals surface area (Å²) < 4.78 is 0. The Kier molecular flexibility index (Phi) is 4.57. The maximum Gasteiger partial charge on any atom is 0.335 e. The molecule has 1 aromatic rings. The minimum atomic E-state index is -0.961. The van der Waals surface area contributed by atoms with E-state index < -0.39 is 5.97 Å². The maximum absolute atomic E-state index is 11.1. The summed E-state index contributed by atoms with van der Waals surface area (Å²) in [6, 6.07) is 5.12. The van der Waals surface area contributed by atoms with Crippen LogP contribution < -0.4 is 5.73 Å². The maximum atomic E-state index is 11.1. The topological polar surface area (TPSA) is 80.4 Å². The third kappa shape index (κ3) is 3.49. The van der Waals surface area contributed by atoms with Crippen LogP contribution in [-0.2, 0) is 4.79 Å². The largest absolute Gasteiger partial charge is 0.478 e. The van der Waals surface area contributed by atoms with Gasteiger partial charge >= 0.3 is 5.97 Å². The number of amides is 1. The van der Waals surface area contributed by atoms with Gasteiger partial charge in [-0.15, -0.1) is 11.8 Å². The Morgan fingerprint density at radius 3 is 2.59 bits per heavy atom. The van der Waals surface area contributed by atoms with Crippen molar-refractivity contribution in [3.63, 3.8) is 0 Å². The number of carboxylic acids is 1. The molecule has 17 heavy (non-hydrogen) atoms. The lowest BCUT2D eigenvalue weighted by Crippen LogP contribution is -2.24. The molecule has 1 aromatic carbocycles. The van der Waals surface area contributed by atoms with E-state index >= 15 is 0 Å². The van der Waals surface area contributed by atoms with Crippen LogP contribution in [0.5, 0.6) is 0 Å². The first-order chi connectivity index (χ1) is 7.95. The monoisotopic (exact) mass is 253 g/mol. The van der Waals surface area contributed by atoms with E-state index in [0.717, 1.165) is 4.90 Å². The first-order valence-corrected chi connectivity index (χ1v) is 6.13. The van der Waals surface area contributed by atoms with Crippen molar-refractivity contribution in [2.24, 2.45) is 5.73 Å². The van der Waals surface area contributed by atoms with E-state index in [-0.39, 0.29) is 16.7 Å². The lowest BCUT2D eigenvalue weighted by molar-refractivity contribution is -0.117. The van der Waals surface area contributed by atoms with Crippen LogP contribution in [0.1, 0.15) is 29.3 Å². The molecule has 5 heteroatoms. The Hall–Kier alpha value is -1.49. The third-order valence-corrected chi connectivity index (χ3v) is 3.78. The minimum absolute atomic E-state index is 0.259. The van der Waals surface area contributed by atoms with Crippen molar-refractivity contribution >= 4 is 23.6 Å². The second-order valence-electron chi connectivity index (χ2n) is 3.70. The average Bonchev–Trinajstić information content (AvgIpc) is 2.27. The molecule has 0 radical (unpaired) electrons. The van der Waals surface area contributed by atoms with Gasteiger partial charge in [0.1, 0.15) is 0 Å². The highest BCUT2D eigenvalue weighted by molar-refractivity contribution is 8.00. The minimum Gasteiger partial charge on any atom is -0.478 e. The summed E-state index contributed by atoms with van der Waals surface area (Å²) in [6.07, 6.45) is 0.621. The fourth-order valence-corrected chi connectivity index (χ4v) is 2.36. The Labute approximate surface area is 104 Å². The number of nitrogens with two attached hydrogens (primary N) is 1. The number of aryl methyl sites for hydroxylation is 1.